The first-order valence-corrected chi connectivity index (χ1v) is 17.5. The molecule has 0 saturated heterocycles. The number of hydrogen-bond acceptors (Lipinski definition) is 2. The van der Waals surface area contributed by atoms with Crippen LogP contribution in [0.15, 0.2) is 78.9 Å². The summed E-state index contributed by atoms with van der Waals surface area (Å²) in [4.78, 5) is 0. The van der Waals surface area contributed by atoms with Gasteiger partial charge in [0.25, 0.3) is 0 Å². The first-order chi connectivity index (χ1) is 21.2. The van der Waals surface area contributed by atoms with Crippen molar-refractivity contribution < 1.29 is 9.09 Å². The Bertz CT molecular complexity index is 1400. The maximum absolute atomic E-state index is 12.1. The minimum Gasteiger partial charge on any atom is -0.255 e. The maximum Gasteiger partial charge on any atom is 0.542 e. The largest absolute Gasteiger partial charge is 0.542 e. The van der Waals surface area contributed by atoms with Gasteiger partial charge in [-0.15, -0.1) is 0 Å². The quantitative estimate of drug-likeness (QED) is 0.114. The lowest BCUT2D eigenvalue weighted by Crippen LogP contribution is -2.03. The molecule has 0 amide bonds. The highest BCUT2D eigenvalue weighted by molar-refractivity contribution is 7.17. The van der Waals surface area contributed by atoms with E-state index in [0.717, 1.165) is 82.6 Å². The van der Waals surface area contributed by atoms with Crippen LogP contribution in [-0.4, -0.2) is 0 Å². The van der Waals surface area contributed by atoms with E-state index in [1.165, 1.54) is 50.1 Å². The van der Waals surface area contributed by atoms with E-state index in [1.54, 1.807) is 0 Å². The van der Waals surface area contributed by atoms with Crippen LogP contribution < -0.4 is 4.52 Å². The number of unbranched alkanes of at least 4 members (excludes halogenated alkanes) is 4. The van der Waals surface area contributed by atoms with Crippen LogP contribution in [0.3, 0.4) is 0 Å². The Labute approximate surface area is 262 Å². The molecule has 0 aliphatic rings. The molecule has 0 aliphatic carbocycles. The topological polar surface area (TPSA) is 26.3 Å². The molecule has 0 saturated carbocycles. The lowest BCUT2D eigenvalue weighted by atomic mass is 9.80. The molecule has 0 N–H and O–H groups in total. The molecule has 1 unspecified atom stereocenters. The molecule has 0 aliphatic heterocycles. The molecule has 0 bridgehead atoms. The van der Waals surface area contributed by atoms with Crippen LogP contribution >= 0.6 is 8.69 Å². The lowest BCUT2D eigenvalue weighted by Gasteiger charge is -2.24. The van der Waals surface area contributed by atoms with Gasteiger partial charge < -0.3 is 0 Å². The number of aryl methyl sites for hydroxylation is 4. The van der Waals surface area contributed by atoms with Crippen LogP contribution in [-0.2, 0) is 30.2 Å². The summed E-state index contributed by atoms with van der Waals surface area (Å²) in [5.74, 6) is 0.707. The van der Waals surface area contributed by atoms with Gasteiger partial charge in [0.1, 0.15) is 0 Å². The Morgan fingerprint density at radius 3 is 1.40 bits per heavy atom. The molecule has 0 fully saturated rings. The molecule has 3 heteroatoms. The fourth-order valence-electron chi connectivity index (χ4n) is 6.35. The molecule has 0 aromatic heterocycles. The van der Waals surface area contributed by atoms with Crippen LogP contribution in [0.4, 0.5) is 0 Å². The molecule has 226 valence electrons. The van der Waals surface area contributed by atoms with Gasteiger partial charge in [0, 0.05) is 11.1 Å². The van der Waals surface area contributed by atoms with Gasteiger partial charge >= 0.3 is 8.69 Å². The second-order valence-electron chi connectivity index (χ2n) is 11.7. The van der Waals surface area contributed by atoms with Gasteiger partial charge in [0.15, 0.2) is 5.75 Å². The average molecular weight is 594 g/mol. The van der Waals surface area contributed by atoms with E-state index in [4.69, 9.17) is 4.52 Å². The summed E-state index contributed by atoms with van der Waals surface area (Å²) in [7, 11) is -0.866. The van der Waals surface area contributed by atoms with Gasteiger partial charge in [-0.1, -0.05) is 120 Å². The van der Waals surface area contributed by atoms with Crippen molar-refractivity contribution in [2.75, 3.05) is 0 Å². The summed E-state index contributed by atoms with van der Waals surface area (Å²) >= 11 is 0. The highest BCUT2D eigenvalue weighted by Gasteiger charge is 2.26. The molecule has 2 nitrogen and oxygen atoms in total. The van der Waals surface area contributed by atoms with Crippen molar-refractivity contribution in [2.45, 2.75) is 105 Å². The Morgan fingerprint density at radius 1 is 0.488 bits per heavy atom. The van der Waals surface area contributed by atoms with Crippen LogP contribution in [0.1, 0.15) is 101 Å². The highest BCUT2D eigenvalue weighted by atomic mass is 31.1. The summed E-state index contributed by atoms with van der Waals surface area (Å²) in [5, 5.41) is 0. The molecule has 1 atom stereocenters. The summed E-state index contributed by atoms with van der Waals surface area (Å²) in [6, 6.07) is 28.9. The first kappa shape index (κ1) is 32.7. The van der Waals surface area contributed by atoms with E-state index in [2.05, 4.69) is 107 Å². The summed E-state index contributed by atoms with van der Waals surface area (Å²) in [6.45, 7) is 9.06. The molecule has 4 rings (SSSR count). The van der Waals surface area contributed by atoms with Crippen molar-refractivity contribution in [2.24, 2.45) is 0 Å². The third-order valence-corrected chi connectivity index (χ3v) is 8.88. The van der Waals surface area contributed by atoms with E-state index in [9.17, 15) is 4.57 Å². The third-order valence-electron chi connectivity index (χ3n) is 8.57. The van der Waals surface area contributed by atoms with E-state index in [1.807, 2.05) is 0 Å². The predicted molar refractivity (Wildman–Crippen MR) is 187 cm³/mol. The molecule has 43 heavy (non-hydrogen) atoms. The van der Waals surface area contributed by atoms with Crippen LogP contribution in [0.25, 0.3) is 33.4 Å². The molecule has 0 heterocycles. The lowest BCUT2D eigenvalue weighted by molar-refractivity contribution is 0.526. The van der Waals surface area contributed by atoms with E-state index in [0.29, 0.717) is 5.75 Å². The summed E-state index contributed by atoms with van der Waals surface area (Å²) in [6.07, 6.45) is 13.3. The van der Waals surface area contributed by atoms with Crippen molar-refractivity contribution in [3.8, 4) is 39.1 Å². The van der Waals surface area contributed by atoms with Crippen molar-refractivity contribution >= 4 is 8.69 Å². The predicted octanol–water partition coefficient (Wildman–Crippen LogP) is 12.4. The summed E-state index contributed by atoms with van der Waals surface area (Å²) < 4.78 is 18.2. The Kier molecular flexibility index (Phi) is 13.1. The zero-order valence-electron chi connectivity index (χ0n) is 26.8. The fraction of sp³-hybridized carbons (Fsp3) is 0.400. The zero-order valence-corrected chi connectivity index (χ0v) is 27.8. The second kappa shape index (κ2) is 17.2. The van der Waals surface area contributed by atoms with Crippen molar-refractivity contribution in [1.82, 2.24) is 0 Å². The molecular weight excluding hydrogens is 543 g/mol. The minimum absolute atomic E-state index is 0.707. The fourth-order valence-corrected chi connectivity index (χ4v) is 6.61. The van der Waals surface area contributed by atoms with Crippen molar-refractivity contribution in [1.29, 1.82) is 0 Å². The maximum atomic E-state index is 12.1. The van der Waals surface area contributed by atoms with E-state index >= 15 is 0 Å². The third kappa shape index (κ3) is 8.04. The van der Waals surface area contributed by atoms with Gasteiger partial charge in [-0.2, -0.15) is 0 Å². The van der Waals surface area contributed by atoms with Gasteiger partial charge in [-0.3, -0.25) is 4.52 Å². The number of benzene rings is 4. The Hall–Kier alpha value is -3.22. The average Bonchev–Trinajstić information content (AvgIpc) is 3.05. The highest BCUT2D eigenvalue weighted by Crippen LogP contribution is 2.49. The van der Waals surface area contributed by atoms with E-state index < -0.39 is 8.69 Å². The standard InChI is InChI=1S/C40H50O2P/c1-5-9-18-30-24-16-25-31(19-10-6-2)37(30)35-28-29-36(42-43-41)40(39(35)34-22-14-13-15-23-34)38-32(20-11-7-3)26-17-27-33(38)21-12-8-4/h13-17,22-29,43H,5-12,18-21H2,1-4H3/q+1. The molecule has 4 aromatic rings. The molecule has 0 spiro atoms. The van der Waals surface area contributed by atoms with Crippen LogP contribution in [0, 0.1) is 0 Å². The first-order valence-electron chi connectivity index (χ1n) is 16.7. The normalized spacial score (nSPS) is 11.3. The van der Waals surface area contributed by atoms with Gasteiger partial charge in [0.2, 0.25) is 0 Å². The molecule has 0 radical (unpaired) electrons. The number of hydrogen-bond donors (Lipinski definition) is 0. The summed E-state index contributed by atoms with van der Waals surface area (Å²) in [5.41, 5.74) is 12.9. The zero-order chi connectivity index (χ0) is 30.4. The van der Waals surface area contributed by atoms with E-state index in [-0.39, 0.29) is 0 Å². The second-order valence-corrected chi connectivity index (χ2v) is 12.1. The molecule has 4 aromatic carbocycles. The van der Waals surface area contributed by atoms with Crippen molar-refractivity contribution in [3.05, 3.63) is 101 Å². The Balaban J connectivity index is 2.16. The van der Waals surface area contributed by atoms with Crippen LogP contribution in [0.5, 0.6) is 5.75 Å². The van der Waals surface area contributed by atoms with Crippen molar-refractivity contribution in [3.63, 3.8) is 0 Å². The van der Waals surface area contributed by atoms with Gasteiger partial charge in [0.05, 0.1) is 0 Å². The van der Waals surface area contributed by atoms with Gasteiger partial charge in [-0.05, 0) is 113 Å². The molecular formula is C40H50O2P+. The monoisotopic (exact) mass is 593 g/mol. The van der Waals surface area contributed by atoms with Gasteiger partial charge in [-0.25, -0.2) is 0 Å². The van der Waals surface area contributed by atoms with Crippen LogP contribution in [0.2, 0.25) is 0 Å². The Morgan fingerprint density at radius 2 is 0.953 bits per heavy atom. The minimum atomic E-state index is -0.866. The SMILES string of the molecule is CCCCc1cccc(CCCC)c1-c1ccc(O[PH+]=O)c(-c2c(CCCC)cccc2CCCC)c1-c1ccccc1. The number of rotatable bonds is 17. The smallest absolute Gasteiger partial charge is 0.255 e.